The maximum absolute atomic E-state index is 5.68. The van der Waals surface area contributed by atoms with E-state index in [4.69, 9.17) is 4.74 Å². The van der Waals surface area contributed by atoms with E-state index in [1.54, 1.807) is 0 Å². The van der Waals surface area contributed by atoms with Gasteiger partial charge in [-0.3, -0.25) is 0 Å². The number of fused-ring (bicyclic) bond motifs is 1. The minimum Gasteiger partial charge on any atom is -0.494 e. The van der Waals surface area contributed by atoms with Gasteiger partial charge in [0, 0.05) is 29.0 Å². The highest BCUT2D eigenvalue weighted by Gasteiger charge is 2.05. The van der Waals surface area contributed by atoms with E-state index in [0.717, 1.165) is 39.6 Å². The van der Waals surface area contributed by atoms with E-state index in [1.165, 1.54) is 0 Å². The Morgan fingerprint density at radius 1 is 1.14 bits per heavy atom. The molecule has 28 heavy (non-hydrogen) atoms. The van der Waals surface area contributed by atoms with Gasteiger partial charge >= 0.3 is 0 Å². The zero-order chi connectivity index (χ0) is 19.1. The smallest absolute Gasteiger partial charge is 0.191 e. The summed E-state index contributed by atoms with van der Waals surface area (Å²) >= 11 is 3.48. The standard InChI is InChI=1S/C20H24BrN5O.HI/c1-3-22-20(23-11-15-7-5-6-8-18(15)27-4-2)24-12-17-14-26-13-16(21)9-10-19(26)25-17;/h5-10,13-14H,3-4,11-12H2,1-2H3,(H2,22,23,24);1H. The van der Waals surface area contributed by atoms with Crippen LogP contribution in [0.5, 0.6) is 5.75 Å². The van der Waals surface area contributed by atoms with Crippen LogP contribution < -0.4 is 15.4 Å². The monoisotopic (exact) mass is 557 g/mol. The lowest BCUT2D eigenvalue weighted by Crippen LogP contribution is -2.36. The van der Waals surface area contributed by atoms with Gasteiger partial charge in [0.05, 0.1) is 25.4 Å². The van der Waals surface area contributed by atoms with Gasteiger partial charge in [-0.15, -0.1) is 24.0 Å². The maximum atomic E-state index is 5.68. The van der Waals surface area contributed by atoms with E-state index < -0.39 is 0 Å². The lowest BCUT2D eigenvalue weighted by Gasteiger charge is -2.12. The van der Waals surface area contributed by atoms with Crippen molar-refractivity contribution in [2.75, 3.05) is 13.2 Å². The molecule has 1 aromatic carbocycles. The molecule has 0 aliphatic heterocycles. The number of aromatic nitrogens is 2. The maximum Gasteiger partial charge on any atom is 0.191 e. The zero-order valence-electron chi connectivity index (χ0n) is 16.0. The molecule has 0 radical (unpaired) electrons. The third-order valence-corrected chi connectivity index (χ3v) is 4.40. The molecule has 3 rings (SSSR count). The zero-order valence-corrected chi connectivity index (χ0v) is 19.9. The second-order valence-corrected chi connectivity index (χ2v) is 6.85. The van der Waals surface area contributed by atoms with E-state index >= 15 is 0 Å². The normalized spacial score (nSPS) is 11.2. The molecule has 0 spiro atoms. The molecule has 6 nitrogen and oxygen atoms in total. The summed E-state index contributed by atoms with van der Waals surface area (Å²) in [5.41, 5.74) is 2.94. The first-order valence-electron chi connectivity index (χ1n) is 9.05. The van der Waals surface area contributed by atoms with Crippen molar-refractivity contribution >= 4 is 51.5 Å². The number of pyridine rings is 1. The van der Waals surface area contributed by atoms with Gasteiger partial charge in [-0.25, -0.2) is 9.98 Å². The highest BCUT2D eigenvalue weighted by Crippen LogP contribution is 2.18. The van der Waals surface area contributed by atoms with Crippen LogP contribution in [0.1, 0.15) is 25.1 Å². The highest BCUT2D eigenvalue weighted by atomic mass is 127. The quantitative estimate of drug-likeness (QED) is 0.257. The second-order valence-electron chi connectivity index (χ2n) is 5.93. The van der Waals surface area contributed by atoms with Crippen LogP contribution in [0.15, 0.2) is 58.3 Å². The fraction of sp³-hybridized carbons (Fsp3) is 0.300. The molecule has 0 atom stereocenters. The topological polar surface area (TPSA) is 63.0 Å². The molecule has 0 saturated carbocycles. The summed E-state index contributed by atoms with van der Waals surface area (Å²) in [7, 11) is 0. The van der Waals surface area contributed by atoms with Crippen LogP contribution in [0.4, 0.5) is 0 Å². The van der Waals surface area contributed by atoms with Crippen molar-refractivity contribution in [2.45, 2.75) is 26.9 Å². The molecule has 0 unspecified atom stereocenters. The molecule has 150 valence electrons. The average molecular weight is 558 g/mol. The van der Waals surface area contributed by atoms with Gasteiger partial charge in [-0.1, -0.05) is 18.2 Å². The van der Waals surface area contributed by atoms with Crippen molar-refractivity contribution in [2.24, 2.45) is 4.99 Å². The summed E-state index contributed by atoms with van der Waals surface area (Å²) in [5.74, 6) is 1.63. The number of nitrogens with one attached hydrogen (secondary N) is 2. The summed E-state index contributed by atoms with van der Waals surface area (Å²) < 4.78 is 8.70. The fourth-order valence-corrected chi connectivity index (χ4v) is 3.07. The SMILES string of the molecule is CCNC(=NCc1ccccc1OCC)NCc1cn2cc(Br)ccc2n1.I. The molecule has 8 heteroatoms. The Labute approximate surface area is 191 Å². The van der Waals surface area contributed by atoms with Gasteiger partial charge in [-0.05, 0) is 48.0 Å². The van der Waals surface area contributed by atoms with Crippen LogP contribution in [-0.4, -0.2) is 28.5 Å². The summed E-state index contributed by atoms with van der Waals surface area (Å²) in [4.78, 5) is 9.30. The van der Waals surface area contributed by atoms with Crippen LogP contribution in [0, 0.1) is 0 Å². The third kappa shape index (κ3) is 6.10. The molecule has 2 N–H and O–H groups in total. The van der Waals surface area contributed by atoms with Gasteiger partial charge in [-0.2, -0.15) is 0 Å². The number of hydrogen-bond acceptors (Lipinski definition) is 3. The minimum atomic E-state index is 0. The Balaban J connectivity index is 0.00000280. The molecule has 0 amide bonds. The average Bonchev–Trinajstić information content (AvgIpc) is 3.07. The molecule has 2 heterocycles. The van der Waals surface area contributed by atoms with E-state index in [-0.39, 0.29) is 24.0 Å². The molecule has 0 fully saturated rings. The van der Waals surface area contributed by atoms with Crippen molar-refractivity contribution < 1.29 is 4.74 Å². The lowest BCUT2D eigenvalue weighted by atomic mass is 10.2. The van der Waals surface area contributed by atoms with E-state index in [0.29, 0.717) is 19.7 Å². The first-order valence-corrected chi connectivity index (χ1v) is 9.85. The molecule has 0 aliphatic rings. The molecule has 2 aromatic heterocycles. The van der Waals surface area contributed by atoms with Crippen molar-refractivity contribution in [1.29, 1.82) is 0 Å². The van der Waals surface area contributed by atoms with Crippen molar-refractivity contribution in [3.05, 3.63) is 64.5 Å². The highest BCUT2D eigenvalue weighted by molar-refractivity contribution is 14.0. The van der Waals surface area contributed by atoms with Gasteiger partial charge < -0.3 is 19.8 Å². The molecule has 0 aliphatic carbocycles. The van der Waals surface area contributed by atoms with Crippen LogP contribution >= 0.6 is 39.9 Å². The number of ether oxygens (including phenoxy) is 1. The minimum absolute atomic E-state index is 0. The fourth-order valence-electron chi connectivity index (χ4n) is 2.71. The van der Waals surface area contributed by atoms with Crippen LogP contribution in [-0.2, 0) is 13.1 Å². The summed E-state index contributed by atoms with van der Waals surface area (Å²) in [6, 6.07) is 12.0. The number of guanidine groups is 1. The van der Waals surface area contributed by atoms with Crippen molar-refractivity contribution in [3.8, 4) is 5.75 Å². The van der Waals surface area contributed by atoms with E-state index in [2.05, 4.69) is 36.5 Å². The largest absolute Gasteiger partial charge is 0.494 e. The Morgan fingerprint density at radius 3 is 2.75 bits per heavy atom. The number of para-hydroxylation sites is 1. The van der Waals surface area contributed by atoms with Crippen LogP contribution in [0.2, 0.25) is 0 Å². The number of rotatable bonds is 7. The number of halogens is 2. The lowest BCUT2D eigenvalue weighted by molar-refractivity contribution is 0.336. The Bertz CT molecular complexity index is 928. The van der Waals surface area contributed by atoms with E-state index in [1.807, 2.05) is 67.0 Å². The van der Waals surface area contributed by atoms with Gasteiger partial charge in [0.2, 0.25) is 0 Å². The Hall–Kier alpha value is -1.81. The van der Waals surface area contributed by atoms with Crippen LogP contribution in [0.25, 0.3) is 5.65 Å². The summed E-state index contributed by atoms with van der Waals surface area (Å²) in [6.45, 7) is 6.61. The second kappa shape index (κ2) is 11.3. The number of benzene rings is 1. The molecular weight excluding hydrogens is 533 g/mol. The predicted octanol–water partition coefficient (Wildman–Crippen LogP) is 4.37. The number of nitrogens with zero attached hydrogens (tertiary/aromatic N) is 3. The molecule has 3 aromatic rings. The predicted molar refractivity (Wildman–Crippen MR) is 128 cm³/mol. The van der Waals surface area contributed by atoms with E-state index in [9.17, 15) is 0 Å². The first kappa shape index (κ1) is 22.5. The number of imidazole rings is 1. The molecule has 0 bridgehead atoms. The van der Waals surface area contributed by atoms with Gasteiger partial charge in [0.1, 0.15) is 11.4 Å². The number of aliphatic imine (C=N–C) groups is 1. The van der Waals surface area contributed by atoms with Crippen molar-refractivity contribution in [1.82, 2.24) is 20.0 Å². The number of hydrogen-bond donors (Lipinski definition) is 2. The Kier molecular flexibility index (Phi) is 9.04. The Morgan fingerprint density at radius 2 is 1.96 bits per heavy atom. The molecular formula is C20H25BrIN5O. The van der Waals surface area contributed by atoms with Crippen molar-refractivity contribution in [3.63, 3.8) is 0 Å². The van der Waals surface area contributed by atoms with Crippen LogP contribution in [0.3, 0.4) is 0 Å². The van der Waals surface area contributed by atoms with Gasteiger partial charge in [0.15, 0.2) is 5.96 Å². The first-order chi connectivity index (χ1) is 13.2. The van der Waals surface area contributed by atoms with Gasteiger partial charge in [0.25, 0.3) is 0 Å². The third-order valence-electron chi connectivity index (χ3n) is 3.93. The summed E-state index contributed by atoms with van der Waals surface area (Å²) in [5, 5.41) is 6.62. The molecule has 0 saturated heterocycles. The summed E-state index contributed by atoms with van der Waals surface area (Å²) in [6.07, 6.45) is 4.01.